The summed E-state index contributed by atoms with van der Waals surface area (Å²) < 4.78 is 18.7. The topological polar surface area (TPSA) is 62.2 Å². The minimum Gasteiger partial charge on any atom is -0.462 e. The first-order valence-electron chi connectivity index (χ1n) is 11.5. The smallest absolute Gasteiger partial charge is 0.338 e. The normalized spacial score (nSPS) is 18.1. The van der Waals surface area contributed by atoms with Crippen molar-refractivity contribution >= 4 is 69.2 Å². The Bertz CT molecular complexity index is 1440. The number of hydrogen-bond donors (Lipinski definition) is 0. The third kappa shape index (κ3) is 4.99. The number of fused-ring (bicyclic) bond motifs is 1. The van der Waals surface area contributed by atoms with Gasteiger partial charge in [-0.3, -0.25) is 9.69 Å². The maximum atomic E-state index is 13.8. The lowest BCUT2D eigenvalue weighted by atomic mass is 10.2. The number of esters is 1. The Kier molecular flexibility index (Phi) is 7.28. The Morgan fingerprint density at radius 2 is 1.76 bits per heavy atom. The summed E-state index contributed by atoms with van der Waals surface area (Å²) in [7, 11) is 0. The lowest BCUT2D eigenvalue weighted by Gasteiger charge is -2.19. The molecule has 0 aliphatic carbocycles. The molecule has 0 saturated carbocycles. The molecule has 0 spiro atoms. The highest BCUT2D eigenvalue weighted by Gasteiger charge is 2.40. The van der Waals surface area contributed by atoms with E-state index in [1.54, 1.807) is 43.3 Å². The molecular formula is C27H21ClFN3O3S2. The monoisotopic (exact) mass is 553 g/mol. The average molecular weight is 554 g/mol. The van der Waals surface area contributed by atoms with Crippen molar-refractivity contribution in [2.45, 2.75) is 18.7 Å². The first-order valence-corrected chi connectivity index (χ1v) is 13.5. The Hall–Kier alpha value is -3.27. The number of benzene rings is 3. The molecule has 0 bridgehead atoms. The van der Waals surface area contributed by atoms with E-state index in [0.717, 1.165) is 15.6 Å². The van der Waals surface area contributed by atoms with Crippen molar-refractivity contribution in [2.75, 3.05) is 23.0 Å². The molecular weight excluding hydrogens is 533 g/mol. The predicted octanol–water partition coefficient (Wildman–Crippen LogP) is 7.22. The number of hydrogen-bond acceptors (Lipinski definition) is 7. The highest BCUT2D eigenvalue weighted by atomic mass is 35.5. The summed E-state index contributed by atoms with van der Waals surface area (Å²) in [5, 5.41) is 1.84. The molecule has 188 valence electrons. The lowest BCUT2D eigenvalue weighted by molar-refractivity contribution is -0.113. The second-order valence-electron chi connectivity index (χ2n) is 7.97. The third-order valence-electron chi connectivity index (χ3n) is 5.64. The number of ether oxygens (including phenoxy) is 1. The minimum absolute atomic E-state index is 0.252. The molecule has 2 aliphatic heterocycles. The number of nitrogens with zero attached hydrogens (tertiary/aromatic N) is 3. The van der Waals surface area contributed by atoms with Crippen LogP contribution in [-0.2, 0) is 9.53 Å². The quantitative estimate of drug-likeness (QED) is 0.245. The van der Waals surface area contributed by atoms with Crippen molar-refractivity contribution < 1.29 is 18.7 Å². The van der Waals surface area contributed by atoms with Crippen LogP contribution in [0, 0.1) is 5.82 Å². The molecule has 0 aromatic heterocycles. The van der Waals surface area contributed by atoms with Gasteiger partial charge in [-0.15, -0.1) is 0 Å². The number of aliphatic imine (C=N–C) groups is 1. The molecule has 3 aromatic rings. The van der Waals surface area contributed by atoms with Gasteiger partial charge in [0.05, 0.1) is 29.2 Å². The second kappa shape index (κ2) is 10.6. The molecule has 37 heavy (non-hydrogen) atoms. The highest BCUT2D eigenvalue weighted by molar-refractivity contribution is 8.20. The number of carbonyl (C=O) groups excluding carboxylic acids is 2. The molecule has 1 fully saturated rings. The van der Waals surface area contributed by atoms with Crippen LogP contribution in [0.15, 0.2) is 86.6 Å². The van der Waals surface area contributed by atoms with Crippen LogP contribution in [0.2, 0.25) is 5.02 Å². The number of halogens is 2. The van der Waals surface area contributed by atoms with Crippen LogP contribution in [0.3, 0.4) is 0 Å². The van der Waals surface area contributed by atoms with Gasteiger partial charge in [0.1, 0.15) is 15.8 Å². The lowest BCUT2D eigenvalue weighted by Crippen LogP contribution is -2.29. The molecule has 1 amide bonds. The largest absolute Gasteiger partial charge is 0.462 e. The molecule has 6 nitrogen and oxygen atoms in total. The predicted molar refractivity (Wildman–Crippen MR) is 148 cm³/mol. The molecule has 3 aromatic carbocycles. The van der Waals surface area contributed by atoms with Crippen LogP contribution in [0.4, 0.5) is 21.5 Å². The molecule has 0 atom stereocenters. The molecule has 2 aliphatic rings. The van der Waals surface area contributed by atoms with Crippen LogP contribution in [0.25, 0.3) is 0 Å². The number of thioether (sulfide) groups is 2. The third-order valence-corrected chi connectivity index (χ3v) is 8.22. The van der Waals surface area contributed by atoms with E-state index in [1.165, 1.54) is 40.6 Å². The molecule has 0 N–H and O–H groups in total. The zero-order valence-electron chi connectivity index (χ0n) is 19.9. The maximum absolute atomic E-state index is 13.8. The van der Waals surface area contributed by atoms with Gasteiger partial charge in [0, 0.05) is 16.5 Å². The van der Waals surface area contributed by atoms with Crippen LogP contribution in [0.1, 0.15) is 24.2 Å². The van der Waals surface area contributed by atoms with Crippen molar-refractivity contribution in [3.8, 4) is 0 Å². The summed E-state index contributed by atoms with van der Waals surface area (Å²) in [5.74, 6) is -1.06. The van der Waals surface area contributed by atoms with E-state index in [0.29, 0.717) is 38.6 Å². The second-order valence-corrected chi connectivity index (χ2v) is 10.4. The number of amides is 1. The SMILES string of the molecule is CCOC(=O)c1ccc(N=C2SC(=C3Sc4ccc(Cl)cc4N3CC)C(=O)N2c2ccc(F)cc2)cc1. The van der Waals surface area contributed by atoms with Crippen molar-refractivity contribution in [1.82, 2.24) is 0 Å². The zero-order valence-corrected chi connectivity index (χ0v) is 22.3. The first kappa shape index (κ1) is 25.4. The summed E-state index contributed by atoms with van der Waals surface area (Å²) in [6.07, 6.45) is 0. The van der Waals surface area contributed by atoms with E-state index in [4.69, 9.17) is 21.3 Å². The van der Waals surface area contributed by atoms with Gasteiger partial charge in [-0.25, -0.2) is 14.2 Å². The van der Waals surface area contributed by atoms with Crippen molar-refractivity contribution in [1.29, 1.82) is 0 Å². The van der Waals surface area contributed by atoms with Crippen LogP contribution in [-0.4, -0.2) is 30.2 Å². The van der Waals surface area contributed by atoms with E-state index in [2.05, 4.69) is 4.90 Å². The number of carbonyl (C=O) groups is 2. The molecule has 1 saturated heterocycles. The standard InChI is InChI=1S/C27H21ClFN3O3S2/c1-3-31-21-15-17(28)7-14-22(21)36-25(31)23-24(33)32(20-12-8-18(29)9-13-20)27(37-23)30-19-10-5-16(6-11-19)26(34)35-4-2/h5-15H,3-4H2,1-2H3. The minimum atomic E-state index is -0.412. The highest BCUT2D eigenvalue weighted by Crippen LogP contribution is 2.51. The summed E-state index contributed by atoms with van der Waals surface area (Å²) in [5.41, 5.74) is 2.42. The van der Waals surface area contributed by atoms with Crippen LogP contribution < -0.4 is 9.80 Å². The fraction of sp³-hybridized carbons (Fsp3) is 0.148. The van der Waals surface area contributed by atoms with Crippen LogP contribution in [0.5, 0.6) is 0 Å². The van der Waals surface area contributed by atoms with Gasteiger partial charge in [-0.1, -0.05) is 23.4 Å². The van der Waals surface area contributed by atoms with Gasteiger partial charge >= 0.3 is 5.97 Å². The molecule has 0 unspecified atom stereocenters. The van der Waals surface area contributed by atoms with Gasteiger partial charge in [0.2, 0.25) is 0 Å². The van der Waals surface area contributed by atoms with Gasteiger partial charge < -0.3 is 9.64 Å². The fourth-order valence-corrected chi connectivity index (χ4v) is 6.47. The Labute approximate surface area is 227 Å². The maximum Gasteiger partial charge on any atom is 0.338 e. The van der Waals surface area contributed by atoms with E-state index in [1.807, 2.05) is 25.1 Å². The number of anilines is 2. The Morgan fingerprint density at radius 3 is 2.43 bits per heavy atom. The first-order chi connectivity index (χ1) is 17.9. The zero-order chi connectivity index (χ0) is 26.1. The summed E-state index contributed by atoms with van der Waals surface area (Å²) in [6.45, 7) is 4.69. The number of amidine groups is 1. The molecule has 10 heteroatoms. The van der Waals surface area contributed by atoms with E-state index >= 15 is 0 Å². The fourth-order valence-electron chi connectivity index (χ4n) is 3.93. The summed E-state index contributed by atoms with van der Waals surface area (Å²) in [6, 6.07) is 18.0. The molecule has 2 heterocycles. The van der Waals surface area contributed by atoms with E-state index < -0.39 is 11.8 Å². The Balaban J connectivity index is 1.56. The van der Waals surface area contributed by atoms with Crippen molar-refractivity contribution in [2.24, 2.45) is 4.99 Å². The Morgan fingerprint density at radius 1 is 1.03 bits per heavy atom. The van der Waals surface area contributed by atoms with E-state index in [9.17, 15) is 14.0 Å². The summed E-state index contributed by atoms with van der Waals surface area (Å²) >= 11 is 9.01. The van der Waals surface area contributed by atoms with Gasteiger partial charge in [-0.2, -0.15) is 0 Å². The van der Waals surface area contributed by atoms with Gasteiger partial charge in [0.15, 0.2) is 5.17 Å². The summed E-state index contributed by atoms with van der Waals surface area (Å²) in [4.78, 5) is 35.6. The van der Waals surface area contributed by atoms with Gasteiger partial charge in [0.25, 0.3) is 5.91 Å². The van der Waals surface area contributed by atoms with Crippen molar-refractivity contribution in [3.05, 3.63) is 93.1 Å². The molecule has 0 radical (unpaired) electrons. The average Bonchev–Trinajstić information content (AvgIpc) is 3.41. The molecule has 5 rings (SSSR count). The van der Waals surface area contributed by atoms with Crippen LogP contribution >= 0.6 is 35.1 Å². The van der Waals surface area contributed by atoms with Gasteiger partial charge in [-0.05, 0) is 92.3 Å². The van der Waals surface area contributed by atoms with E-state index in [-0.39, 0.29) is 12.5 Å². The number of rotatable bonds is 5. The van der Waals surface area contributed by atoms with Crippen molar-refractivity contribution in [3.63, 3.8) is 0 Å².